The molecule has 2 heterocycles. The SMILES string of the molecule is O=C(Nc1ccc(CCO)cc1)c1ccnc(OC2CCOC2)c1. The van der Waals surface area contributed by atoms with Crippen molar-refractivity contribution < 1.29 is 19.4 Å². The zero-order valence-corrected chi connectivity index (χ0v) is 13.3. The Morgan fingerprint density at radius 3 is 2.88 bits per heavy atom. The summed E-state index contributed by atoms with van der Waals surface area (Å²) in [7, 11) is 0. The monoisotopic (exact) mass is 328 g/mol. The van der Waals surface area contributed by atoms with Gasteiger partial charge in [0.05, 0.1) is 13.2 Å². The van der Waals surface area contributed by atoms with Crippen molar-refractivity contribution in [2.45, 2.75) is 18.9 Å². The number of anilines is 1. The predicted molar refractivity (Wildman–Crippen MR) is 89.3 cm³/mol. The highest BCUT2D eigenvalue weighted by molar-refractivity contribution is 6.04. The van der Waals surface area contributed by atoms with Crippen LogP contribution in [0.4, 0.5) is 5.69 Å². The first-order valence-electron chi connectivity index (χ1n) is 7.96. The molecule has 0 radical (unpaired) electrons. The molecule has 126 valence electrons. The van der Waals surface area contributed by atoms with Gasteiger partial charge in [0.15, 0.2) is 0 Å². The molecule has 24 heavy (non-hydrogen) atoms. The van der Waals surface area contributed by atoms with Crippen LogP contribution >= 0.6 is 0 Å². The smallest absolute Gasteiger partial charge is 0.255 e. The number of rotatable bonds is 6. The van der Waals surface area contributed by atoms with Crippen molar-refractivity contribution in [2.24, 2.45) is 0 Å². The summed E-state index contributed by atoms with van der Waals surface area (Å²) in [5.74, 6) is 0.205. The van der Waals surface area contributed by atoms with Gasteiger partial charge in [-0.3, -0.25) is 4.79 Å². The van der Waals surface area contributed by atoms with Crippen molar-refractivity contribution in [1.29, 1.82) is 0 Å². The Labute approximate surface area is 140 Å². The van der Waals surface area contributed by atoms with Crippen LogP contribution in [0.25, 0.3) is 0 Å². The van der Waals surface area contributed by atoms with Gasteiger partial charge in [-0.1, -0.05) is 12.1 Å². The molecular formula is C18H20N2O4. The van der Waals surface area contributed by atoms with Crippen molar-refractivity contribution in [1.82, 2.24) is 4.98 Å². The van der Waals surface area contributed by atoms with E-state index in [1.807, 2.05) is 24.3 Å². The molecule has 0 saturated carbocycles. The first-order chi connectivity index (χ1) is 11.7. The molecule has 1 saturated heterocycles. The highest BCUT2D eigenvalue weighted by Crippen LogP contribution is 2.17. The van der Waals surface area contributed by atoms with Gasteiger partial charge in [-0.2, -0.15) is 0 Å². The number of hydrogen-bond donors (Lipinski definition) is 2. The Bertz CT molecular complexity index is 682. The minimum atomic E-state index is -0.222. The molecule has 6 heteroatoms. The summed E-state index contributed by atoms with van der Waals surface area (Å²) < 4.78 is 11.0. The van der Waals surface area contributed by atoms with Gasteiger partial charge in [0, 0.05) is 36.5 Å². The van der Waals surface area contributed by atoms with E-state index in [-0.39, 0.29) is 18.6 Å². The topological polar surface area (TPSA) is 80.7 Å². The lowest BCUT2D eigenvalue weighted by molar-refractivity contribution is 0.102. The summed E-state index contributed by atoms with van der Waals surface area (Å²) in [5.41, 5.74) is 2.21. The third-order valence-corrected chi connectivity index (χ3v) is 3.78. The van der Waals surface area contributed by atoms with Crippen LogP contribution in [0.3, 0.4) is 0 Å². The number of nitrogens with one attached hydrogen (secondary N) is 1. The third-order valence-electron chi connectivity index (χ3n) is 3.78. The maximum atomic E-state index is 12.4. The van der Waals surface area contributed by atoms with Crippen LogP contribution in [-0.4, -0.2) is 41.9 Å². The minimum Gasteiger partial charge on any atom is -0.472 e. The molecule has 1 aromatic heterocycles. The normalized spacial score (nSPS) is 16.8. The number of hydrogen-bond acceptors (Lipinski definition) is 5. The third kappa shape index (κ3) is 4.31. The lowest BCUT2D eigenvalue weighted by Gasteiger charge is -2.11. The Hall–Kier alpha value is -2.44. The summed E-state index contributed by atoms with van der Waals surface area (Å²) in [6, 6.07) is 10.7. The fourth-order valence-corrected chi connectivity index (χ4v) is 2.48. The van der Waals surface area contributed by atoms with Crippen LogP contribution in [-0.2, 0) is 11.2 Å². The first-order valence-corrected chi connectivity index (χ1v) is 7.96. The summed E-state index contributed by atoms with van der Waals surface area (Å²) in [5, 5.41) is 11.8. The fourth-order valence-electron chi connectivity index (χ4n) is 2.48. The second-order valence-corrected chi connectivity index (χ2v) is 5.61. The second kappa shape index (κ2) is 7.90. The van der Waals surface area contributed by atoms with E-state index in [9.17, 15) is 4.79 Å². The van der Waals surface area contributed by atoms with E-state index in [0.717, 1.165) is 12.0 Å². The van der Waals surface area contributed by atoms with Gasteiger partial charge < -0.3 is 19.9 Å². The van der Waals surface area contributed by atoms with E-state index in [4.69, 9.17) is 14.6 Å². The van der Waals surface area contributed by atoms with Gasteiger partial charge >= 0.3 is 0 Å². The number of aliphatic hydroxyl groups is 1. The van der Waals surface area contributed by atoms with Crippen molar-refractivity contribution >= 4 is 11.6 Å². The lowest BCUT2D eigenvalue weighted by Crippen LogP contribution is -2.17. The molecule has 1 unspecified atom stereocenters. The van der Waals surface area contributed by atoms with E-state index >= 15 is 0 Å². The number of aromatic nitrogens is 1. The quantitative estimate of drug-likeness (QED) is 0.848. The summed E-state index contributed by atoms with van der Waals surface area (Å²) in [6.45, 7) is 1.35. The average molecular weight is 328 g/mol. The Morgan fingerprint density at radius 1 is 1.33 bits per heavy atom. The minimum absolute atomic E-state index is 0.00474. The van der Waals surface area contributed by atoms with E-state index in [0.29, 0.717) is 36.8 Å². The summed E-state index contributed by atoms with van der Waals surface area (Å²) in [4.78, 5) is 16.5. The van der Waals surface area contributed by atoms with Gasteiger partial charge in [-0.25, -0.2) is 4.98 Å². The number of carbonyl (C=O) groups excluding carboxylic acids is 1. The maximum absolute atomic E-state index is 12.4. The number of ether oxygens (including phenoxy) is 2. The molecule has 0 spiro atoms. The van der Waals surface area contributed by atoms with Crippen molar-refractivity contribution in [3.05, 3.63) is 53.7 Å². The number of nitrogens with zero attached hydrogens (tertiary/aromatic N) is 1. The molecule has 2 aromatic rings. The Morgan fingerprint density at radius 2 is 2.17 bits per heavy atom. The summed E-state index contributed by atoms with van der Waals surface area (Å²) >= 11 is 0. The molecule has 1 aliphatic rings. The van der Waals surface area contributed by atoms with Crippen LogP contribution in [0.15, 0.2) is 42.6 Å². The molecule has 1 amide bonds. The first kappa shape index (κ1) is 16.4. The molecule has 1 fully saturated rings. The van der Waals surface area contributed by atoms with Gasteiger partial charge in [0.25, 0.3) is 5.91 Å². The van der Waals surface area contributed by atoms with Crippen LogP contribution in [0.5, 0.6) is 5.88 Å². The van der Waals surface area contributed by atoms with E-state index in [2.05, 4.69) is 10.3 Å². The van der Waals surface area contributed by atoms with Crippen molar-refractivity contribution in [3.63, 3.8) is 0 Å². The van der Waals surface area contributed by atoms with E-state index in [1.165, 1.54) is 0 Å². The van der Waals surface area contributed by atoms with Crippen LogP contribution in [0.2, 0.25) is 0 Å². The van der Waals surface area contributed by atoms with Gasteiger partial charge in [0.1, 0.15) is 6.10 Å². The highest BCUT2D eigenvalue weighted by Gasteiger charge is 2.18. The van der Waals surface area contributed by atoms with Gasteiger partial charge in [0.2, 0.25) is 5.88 Å². The molecule has 6 nitrogen and oxygen atoms in total. The van der Waals surface area contributed by atoms with Crippen molar-refractivity contribution in [2.75, 3.05) is 25.1 Å². The van der Waals surface area contributed by atoms with Crippen LogP contribution in [0, 0.1) is 0 Å². The van der Waals surface area contributed by atoms with Crippen LogP contribution in [0.1, 0.15) is 22.3 Å². The zero-order valence-electron chi connectivity index (χ0n) is 13.3. The molecule has 1 aliphatic heterocycles. The fraction of sp³-hybridized carbons (Fsp3) is 0.333. The molecule has 1 atom stereocenters. The number of carbonyl (C=O) groups is 1. The molecule has 1 aromatic carbocycles. The molecular weight excluding hydrogens is 308 g/mol. The Balaban J connectivity index is 1.63. The van der Waals surface area contributed by atoms with Crippen LogP contribution < -0.4 is 10.1 Å². The van der Waals surface area contributed by atoms with Crippen molar-refractivity contribution in [3.8, 4) is 5.88 Å². The molecule has 2 N–H and O–H groups in total. The van der Waals surface area contributed by atoms with E-state index in [1.54, 1.807) is 18.3 Å². The largest absolute Gasteiger partial charge is 0.472 e. The second-order valence-electron chi connectivity index (χ2n) is 5.61. The van der Waals surface area contributed by atoms with Gasteiger partial charge in [-0.15, -0.1) is 0 Å². The maximum Gasteiger partial charge on any atom is 0.255 e. The average Bonchev–Trinajstić information content (AvgIpc) is 3.10. The number of benzene rings is 1. The van der Waals surface area contributed by atoms with Gasteiger partial charge in [-0.05, 0) is 30.2 Å². The number of pyridine rings is 1. The standard InChI is InChI=1S/C18H20N2O4/c21-9-6-13-1-3-15(4-2-13)20-18(22)14-5-8-19-17(11-14)24-16-7-10-23-12-16/h1-5,8,11,16,21H,6-7,9-10,12H2,(H,20,22). The molecule has 0 bridgehead atoms. The Kier molecular flexibility index (Phi) is 5.40. The van der Waals surface area contributed by atoms with E-state index < -0.39 is 0 Å². The summed E-state index contributed by atoms with van der Waals surface area (Å²) in [6.07, 6.45) is 2.99. The predicted octanol–water partition coefficient (Wildman–Crippen LogP) is 2.04. The lowest BCUT2D eigenvalue weighted by atomic mass is 10.1. The molecule has 0 aliphatic carbocycles. The number of amides is 1. The number of aliphatic hydroxyl groups excluding tert-OH is 1. The molecule has 3 rings (SSSR count). The zero-order chi connectivity index (χ0) is 16.8. The highest BCUT2D eigenvalue weighted by atomic mass is 16.5.